The molecule has 6 nitrogen and oxygen atoms in total. The van der Waals surface area contributed by atoms with E-state index in [2.05, 4.69) is 6.58 Å². The maximum atomic E-state index is 13.8. The summed E-state index contributed by atoms with van der Waals surface area (Å²) in [6, 6.07) is 7.57. The van der Waals surface area contributed by atoms with E-state index in [1.165, 1.54) is 5.57 Å². The number of allylic oxidation sites excluding steroid dienone is 1. The van der Waals surface area contributed by atoms with Gasteiger partial charge in [-0.05, 0) is 35.8 Å². The lowest BCUT2D eigenvalue weighted by molar-refractivity contribution is 0.0553. The van der Waals surface area contributed by atoms with Crippen molar-refractivity contribution in [3.05, 3.63) is 70.0 Å². The summed E-state index contributed by atoms with van der Waals surface area (Å²) in [6.45, 7) is 6.37. The van der Waals surface area contributed by atoms with Crippen molar-refractivity contribution in [2.45, 2.75) is 44.3 Å². The minimum atomic E-state index is -0.444. The Morgan fingerprint density at radius 3 is 2.64 bits per heavy atom. The van der Waals surface area contributed by atoms with Crippen molar-refractivity contribution in [3.63, 3.8) is 0 Å². The van der Waals surface area contributed by atoms with Gasteiger partial charge in [0.1, 0.15) is 36.1 Å². The van der Waals surface area contributed by atoms with Crippen molar-refractivity contribution in [2.24, 2.45) is 0 Å². The van der Waals surface area contributed by atoms with Crippen molar-refractivity contribution in [1.29, 1.82) is 0 Å². The third kappa shape index (κ3) is 2.96. The van der Waals surface area contributed by atoms with E-state index in [1.54, 1.807) is 20.3 Å². The summed E-state index contributed by atoms with van der Waals surface area (Å²) in [5.41, 5.74) is 5.98. The third-order valence-corrected chi connectivity index (χ3v) is 7.20. The number of rotatable bonds is 3. The van der Waals surface area contributed by atoms with Gasteiger partial charge in [0.25, 0.3) is 0 Å². The van der Waals surface area contributed by atoms with E-state index in [1.807, 2.05) is 25.1 Å². The number of fused-ring (bicyclic) bond motifs is 6. The Morgan fingerprint density at radius 1 is 1.09 bits per heavy atom. The number of hydrogen-bond donors (Lipinski definition) is 0. The van der Waals surface area contributed by atoms with Crippen molar-refractivity contribution in [1.82, 2.24) is 0 Å². The van der Waals surface area contributed by atoms with Crippen LogP contribution in [0.3, 0.4) is 0 Å². The maximum absolute atomic E-state index is 13.8. The van der Waals surface area contributed by atoms with Gasteiger partial charge in [-0.3, -0.25) is 4.79 Å². The molecule has 0 spiro atoms. The molecule has 2 aromatic rings. The van der Waals surface area contributed by atoms with Crippen molar-refractivity contribution >= 4 is 5.78 Å². The number of Topliss-reactive ketones (excluding diaryl/α,β-unsaturated/α-hetero) is 1. The molecule has 4 aliphatic rings. The summed E-state index contributed by atoms with van der Waals surface area (Å²) in [6.07, 6.45) is 1.98. The molecule has 0 saturated heterocycles. The summed E-state index contributed by atoms with van der Waals surface area (Å²) in [5.74, 6) is 3.14. The molecule has 3 heterocycles. The fourth-order valence-electron chi connectivity index (χ4n) is 5.43. The second kappa shape index (κ2) is 7.30. The number of methoxy groups -OCH3 is 2. The largest absolute Gasteiger partial charge is 0.493 e. The fraction of sp³-hybridized carbons (Fsp3) is 0.370. The smallest absolute Gasteiger partial charge is 0.178 e. The normalized spacial score (nSPS) is 24.2. The monoisotopic (exact) mass is 446 g/mol. The molecule has 0 aromatic heterocycles. The standard InChI is InChI=1S/C27H26O6/c1-13(2)19-9-15-7-17-14(8-20(15)32-19)5-6-16-26(28)25-18-10-22(29-3)23(30-4)11-21(18)31-12-24(25)33-27(16)17/h5-6,10-11,19,24-25H,1,7-9,12H2,2-4H3/t19-,24-,25-/m1/s1. The van der Waals surface area contributed by atoms with Crippen LogP contribution < -0.4 is 18.9 Å². The van der Waals surface area contributed by atoms with Crippen LogP contribution in [0.1, 0.15) is 46.3 Å². The number of carbonyl (C=O) groups excluding carboxylic acids is 1. The number of hydrogen-bond acceptors (Lipinski definition) is 6. The molecule has 0 amide bonds. The van der Waals surface area contributed by atoms with E-state index in [0.29, 0.717) is 35.2 Å². The van der Waals surface area contributed by atoms with Gasteiger partial charge in [0.15, 0.2) is 17.3 Å². The van der Waals surface area contributed by atoms with Crippen LogP contribution in [-0.4, -0.2) is 38.8 Å². The van der Waals surface area contributed by atoms with Crippen molar-refractivity contribution < 1.29 is 28.5 Å². The Balaban J connectivity index is 1.38. The zero-order chi connectivity index (χ0) is 22.9. The predicted octanol–water partition coefficient (Wildman–Crippen LogP) is 4.54. The molecule has 3 atom stereocenters. The van der Waals surface area contributed by atoms with Gasteiger partial charge in [-0.2, -0.15) is 0 Å². The lowest BCUT2D eigenvalue weighted by Crippen LogP contribution is -2.43. The number of ether oxygens (including phenoxy) is 5. The van der Waals surface area contributed by atoms with E-state index >= 15 is 0 Å². The summed E-state index contributed by atoms with van der Waals surface area (Å²) in [7, 11) is 3.17. The second-order valence-electron chi connectivity index (χ2n) is 9.17. The zero-order valence-corrected chi connectivity index (χ0v) is 19.0. The van der Waals surface area contributed by atoms with Gasteiger partial charge in [0.2, 0.25) is 0 Å². The van der Waals surface area contributed by atoms with Gasteiger partial charge in [0, 0.05) is 36.5 Å². The van der Waals surface area contributed by atoms with Gasteiger partial charge < -0.3 is 23.7 Å². The molecule has 3 aliphatic heterocycles. The van der Waals surface area contributed by atoms with Crippen molar-refractivity contribution in [3.8, 4) is 23.0 Å². The number of carbonyl (C=O) groups is 1. The van der Waals surface area contributed by atoms with Gasteiger partial charge >= 0.3 is 0 Å². The highest BCUT2D eigenvalue weighted by Crippen LogP contribution is 2.49. The maximum Gasteiger partial charge on any atom is 0.178 e. The second-order valence-corrected chi connectivity index (χ2v) is 9.17. The van der Waals surface area contributed by atoms with Gasteiger partial charge in [-0.25, -0.2) is 0 Å². The van der Waals surface area contributed by atoms with Crippen LogP contribution >= 0.6 is 0 Å². The van der Waals surface area contributed by atoms with Crippen LogP contribution in [-0.2, 0) is 17.6 Å². The summed E-state index contributed by atoms with van der Waals surface area (Å²) in [4.78, 5) is 13.8. The Kier molecular flexibility index (Phi) is 4.47. The highest BCUT2D eigenvalue weighted by molar-refractivity contribution is 6.05. The van der Waals surface area contributed by atoms with Gasteiger partial charge in [-0.15, -0.1) is 0 Å². The Hall–Kier alpha value is -3.41. The molecule has 33 heavy (non-hydrogen) atoms. The lowest BCUT2D eigenvalue weighted by Gasteiger charge is -2.38. The molecule has 0 N–H and O–H groups in total. The first-order chi connectivity index (χ1) is 16.0. The summed E-state index contributed by atoms with van der Waals surface area (Å²) < 4.78 is 29.5. The molecule has 1 aliphatic carbocycles. The fourth-order valence-corrected chi connectivity index (χ4v) is 5.43. The lowest BCUT2D eigenvalue weighted by atomic mass is 9.79. The summed E-state index contributed by atoms with van der Waals surface area (Å²) in [5, 5.41) is 0. The SMILES string of the molecule is C=C(C)[C@H]1CC2=C(Cc3ccc4c(c3C2)O[C@@H]2COc3cc(OC)c(OC)cc3[C@H]2C4=O)O1. The van der Waals surface area contributed by atoms with Crippen LogP contribution in [0.5, 0.6) is 23.0 Å². The first-order valence-electron chi connectivity index (χ1n) is 11.3. The van der Waals surface area contributed by atoms with E-state index in [9.17, 15) is 4.79 Å². The van der Waals surface area contributed by atoms with Crippen LogP contribution in [0.25, 0.3) is 0 Å². The summed E-state index contributed by atoms with van der Waals surface area (Å²) >= 11 is 0. The first kappa shape index (κ1) is 20.2. The van der Waals surface area contributed by atoms with Crippen LogP contribution in [0.15, 0.2) is 47.7 Å². The minimum Gasteiger partial charge on any atom is -0.493 e. The molecular formula is C27H26O6. The average molecular weight is 446 g/mol. The Bertz CT molecular complexity index is 1240. The average Bonchev–Trinajstić information content (AvgIpc) is 3.25. The highest BCUT2D eigenvalue weighted by atomic mass is 16.5. The molecule has 6 heteroatoms. The molecule has 0 saturated carbocycles. The molecule has 0 radical (unpaired) electrons. The molecule has 0 unspecified atom stereocenters. The predicted molar refractivity (Wildman–Crippen MR) is 122 cm³/mol. The van der Waals surface area contributed by atoms with Crippen LogP contribution in [0.4, 0.5) is 0 Å². The number of benzene rings is 2. The zero-order valence-electron chi connectivity index (χ0n) is 19.0. The van der Waals surface area contributed by atoms with E-state index in [0.717, 1.165) is 47.3 Å². The Labute approximate surface area is 192 Å². The first-order valence-corrected chi connectivity index (χ1v) is 11.3. The van der Waals surface area contributed by atoms with Gasteiger partial charge in [0.05, 0.1) is 25.7 Å². The molecule has 170 valence electrons. The molecule has 0 bridgehead atoms. The van der Waals surface area contributed by atoms with Crippen molar-refractivity contribution in [2.75, 3.05) is 20.8 Å². The van der Waals surface area contributed by atoms with E-state index in [-0.39, 0.29) is 18.0 Å². The number of ketones is 1. The molecular weight excluding hydrogens is 420 g/mol. The molecule has 0 fully saturated rings. The topological polar surface area (TPSA) is 63.2 Å². The van der Waals surface area contributed by atoms with E-state index in [4.69, 9.17) is 23.7 Å². The third-order valence-electron chi connectivity index (χ3n) is 7.20. The van der Waals surface area contributed by atoms with Crippen LogP contribution in [0, 0.1) is 0 Å². The Morgan fingerprint density at radius 2 is 1.88 bits per heavy atom. The minimum absolute atomic E-state index is 0.0438. The molecule has 2 aromatic carbocycles. The quantitative estimate of drug-likeness (QED) is 0.645. The molecule has 6 rings (SSSR count). The van der Waals surface area contributed by atoms with Crippen LogP contribution in [0.2, 0.25) is 0 Å². The van der Waals surface area contributed by atoms with Gasteiger partial charge in [-0.1, -0.05) is 12.6 Å². The highest BCUT2D eigenvalue weighted by Gasteiger charge is 2.45. The van der Waals surface area contributed by atoms with E-state index < -0.39 is 5.92 Å².